The lowest BCUT2D eigenvalue weighted by Crippen LogP contribution is -2.52. The van der Waals surface area contributed by atoms with Crippen LogP contribution in [0.3, 0.4) is 0 Å². The van der Waals surface area contributed by atoms with Crippen LogP contribution in [0, 0.1) is 5.82 Å². The van der Waals surface area contributed by atoms with E-state index in [0.717, 1.165) is 17.0 Å². The molecule has 33 heavy (non-hydrogen) atoms. The Morgan fingerprint density at radius 3 is 2.33 bits per heavy atom. The molecule has 0 fully saturated rings. The predicted molar refractivity (Wildman–Crippen MR) is 131 cm³/mol. The van der Waals surface area contributed by atoms with Crippen LogP contribution in [-0.4, -0.2) is 50.5 Å². The van der Waals surface area contributed by atoms with E-state index in [1.165, 1.54) is 29.2 Å². The Balaban J connectivity index is 2.41. The number of halogens is 2. The van der Waals surface area contributed by atoms with Gasteiger partial charge in [-0.25, -0.2) is 12.8 Å². The zero-order chi connectivity index (χ0) is 24.6. The van der Waals surface area contributed by atoms with Gasteiger partial charge in [0.1, 0.15) is 18.4 Å². The van der Waals surface area contributed by atoms with E-state index in [4.69, 9.17) is 0 Å². The molecule has 0 aliphatic heterocycles. The quantitative estimate of drug-likeness (QED) is 0.470. The molecule has 10 heteroatoms. The predicted octanol–water partition coefficient (Wildman–Crippen LogP) is 3.69. The van der Waals surface area contributed by atoms with Gasteiger partial charge in [0, 0.05) is 17.6 Å². The molecule has 1 atom stereocenters. The summed E-state index contributed by atoms with van der Waals surface area (Å²) in [6, 6.07) is 11.4. The number of benzene rings is 2. The molecular weight excluding hydrogens is 513 g/mol. The van der Waals surface area contributed by atoms with E-state index in [1.54, 1.807) is 31.2 Å². The van der Waals surface area contributed by atoms with E-state index in [1.807, 2.05) is 6.92 Å². The molecule has 2 aromatic carbocycles. The van der Waals surface area contributed by atoms with Gasteiger partial charge in [0.2, 0.25) is 21.8 Å². The van der Waals surface area contributed by atoms with Crippen LogP contribution in [-0.2, 0) is 26.2 Å². The zero-order valence-corrected chi connectivity index (χ0v) is 21.3. The molecule has 2 rings (SSSR count). The number of carbonyl (C=O) groups is 2. The summed E-state index contributed by atoms with van der Waals surface area (Å²) in [6.45, 7) is 3.72. The molecule has 7 nitrogen and oxygen atoms in total. The van der Waals surface area contributed by atoms with Crippen molar-refractivity contribution in [3.05, 3.63) is 64.4 Å². The zero-order valence-electron chi connectivity index (χ0n) is 18.9. The van der Waals surface area contributed by atoms with Crippen LogP contribution in [0.5, 0.6) is 0 Å². The summed E-state index contributed by atoms with van der Waals surface area (Å²) in [5.41, 5.74) is 0.949. The molecule has 2 aromatic rings. The van der Waals surface area contributed by atoms with Crippen LogP contribution in [0.15, 0.2) is 53.0 Å². The van der Waals surface area contributed by atoms with Gasteiger partial charge >= 0.3 is 0 Å². The van der Waals surface area contributed by atoms with Crippen molar-refractivity contribution in [2.45, 2.75) is 39.3 Å². The SMILES string of the molecule is CCCNC(=O)C(CC)N(Cc1ccc(F)cc1)C(=O)CN(c1cccc(Br)c1)S(C)(=O)=O. The molecule has 0 heterocycles. The summed E-state index contributed by atoms with van der Waals surface area (Å²) in [5.74, 6) is -1.27. The Bertz CT molecular complexity index is 1060. The highest BCUT2D eigenvalue weighted by Gasteiger charge is 2.31. The van der Waals surface area contributed by atoms with E-state index < -0.39 is 34.3 Å². The third-order valence-electron chi connectivity index (χ3n) is 4.98. The van der Waals surface area contributed by atoms with Crippen LogP contribution >= 0.6 is 15.9 Å². The molecular formula is C23H29BrFN3O4S. The third-order valence-corrected chi connectivity index (χ3v) is 6.61. The van der Waals surface area contributed by atoms with Gasteiger partial charge in [0.15, 0.2) is 0 Å². The van der Waals surface area contributed by atoms with Crippen molar-refractivity contribution in [3.63, 3.8) is 0 Å². The molecule has 2 amide bonds. The van der Waals surface area contributed by atoms with Crippen molar-refractivity contribution in [1.29, 1.82) is 0 Å². The van der Waals surface area contributed by atoms with Crippen molar-refractivity contribution in [3.8, 4) is 0 Å². The number of nitrogens with zero attached hydrogens (tertiary/aromatic N) is 2. The molecule has 0 spiro atoms. The second-order valence-corrected chi connectivity index (χ2v) is 10.4. The molecule has 180 valence electrons. The summed E-state index contributed by atoms with van der Waals surface area (Å²) in [6.07, 6.45) is 2.09. The van der Waals surface area contributed by atoms with Crippen molar-refractivity contribution in [2.75, 3.05) is 23.7 Å². The van der Waals surface area contributed by atoms with Crippen molar-refractivity contribution in [1.82, 2.24) is 10.2 Å². The maximum Gasteiger partial charge on any atom is 0.244 e. The summed E-state index contributed by atoms with van der Waals surface area (Å²) in [4.78, 5) is 27.6. The maximum absolute atomic E-state index is 13.5. The number of carbonyl (C=O) groups excluding carboxylic acids is 2. The van der Waals surface area contributed by atoms with E-state index in [9.17, 15) is 22.4 Å². The largest absolute Gasteiger partial charge is 0.354 e. The highest BCUT2D eigenvalue weighted by atomic mass is 79.9. The third kappa shape index (κ3) is 7.82. The smallest absolute Gasteiger partial charge is 0.244 e. The first kappa shape index (κ1) is 26.8. The Kier molecular flexibility index (Phi) is 9.85. The van der Waals surface area contributed by atoms with Gasteiger partial charge in [-0.3, -0.25) is 13.9 Å². The molecule has 0 bridgehead atoms. The average Bonchev–Trinajstić information content (AvgIpc) is 2.76. The average molecular weight is 542 g/mol. The first-order valence-electron chi connectivity index (χ1n) is 10.6. The summed E-state index contributed by atoms with van der Waals surface area (Å²) in [7, 11) is -3.79. The van der Waals surface area contributed by atoms with Gasteiger partial charge in [0.25, 0.3) is 0 Å². The molecule has 1 unspecified atom stereocenters. The molecule has 0 aromatic heterocycles. The van der Waals surface area contributed by atoms with E-state index >= 15 is 0 Å². The lowest BCUT2D eigenvalue weighted by atomic mass is 10.1. The number of hydrogen-bond acceptors (Lipinski definition) is 4. The normalized spacial score (nSPS) is 12.2. The fourth-order valence-corrected chi connectivity index (χ4v) is 4.55. The topological polar surface area (TPSA) is 86.8 Å². The lowest BCUT2D eigenvalue weighted by molar-refractivity contribution is -0.140. The first-order valence-corrected chi connectivity index (χ1v) is 13.3. The highest BCUT2D eigenvalue weighted by Crippen LogP contribution is 2.23. The fourth-order valence-electron chi connectivity index (χ4n) is 3.32. The summed E-state index contributed by atoms with van der Waals surface area (Å²) >= 11 is 3.32. The minimum absolute atomic E-state index is 0.0350. The van der Waals surface area contributed by atoms with Crippen LogP contribution in [0.1, 0.15) is 32.3 Å². The van der Waals surface area contributed by atoms with Crippen LogP contribution in [0.25, 0.3) is 0 Å². The molecule has 0 aliphatic rings. The van der Waals surface area contributed by atoms with E-state index in [-0.39, 0.29) is 12.5 Å². The Morgan fingerprint density at radius 2 is 1.79 bits per heavy atom. The minimum Gasteiger partial charge on any atom is -0.354 e. The van der Waals surface area contributed by atoms with E-state index in [2.05, 4.69) is 21.2 Å². The first-order chi connectivity index (χ1) is 15.6. The molecule has 0 saturated heterocycles. The highest BCUT2D eigenvalue weighted by molar-refractivity contribution is 9.10. The number of sulfonamides is 1. The second-order valence-electron chi connectivity index (χ2n) is 7.61. The Labute approximate surface area is 203 Å². The van der Waals surface area contributed by atoms with Gasteiger partial charge in [-0.2, -0.15) is 0 Å². The van der Waals surface area contributed by atoms with Crippen LogP contribution in [0.4, 0.5) is 10.1 Å². The van der Waals surface area contributed by atoms with Gasteiger partial charge < -0.3 is 10.2 Å². The van der Waals surface area contributed by atoms with Crippen LogP contribution < -0.4 is 9.62 Å². The maximum atomic E-state index is 13.5. The number of nitrogens with one attached hydrogen (secondary N) is 1. The Morgan fingerprint density at radius 1 is 1.12 bits per heavy atom. The number of anilines is 1. The number of hydrogen-bond donors (Lipinski definition) is 1. The van der Waals surface area contributed by atoms with E-state index in [0.29, 0.717) is 28.7 Å². The number of rotatable bonds is 11. The van der Waals surface area contributed by atoms with Crippen LogP contribution in [0.2, 0.25) is 0 Å². The van der Waals surface area contributed by atoms with Gasteiger partial charge in [0.05, 0.1) is 11.9 Å². The summed E-state index contributed by atoms with van der Waals surface area (Å²) < 4.78 is 40.1. The van der Waals surface area contributed by atoms with Crippen molar-refractivity contribution < 1.29 is 22.4 Å². The molecule has 1 N–H and O–H groups in total. The lowest BCUT2D eigenvalue weighted by Gasteiger charge is -2.33. The molecule has 0 aliphatic carbocycles. The van der Waals surface area contributed by atoms with Gasteiger partial charge in [-0.05, 0) is 48.7 Å². The monoisotopic (exact) mass is 541 g/mol. The summed E-state index contributed by atoms with van der Waals surface area (Å²) in [5, 5.41) is 2.81. The van der Waals surface area contributed by atoms with Gasteiger partial charge in [-0.1, -0.05) is 48.0 Å². The van der Waals surface area contributed by atoms with Gasteiger partial charge in [-0.15, -0.1) is 0 Å². The minimum atomic E-state index is -3.79. The Hall–Kier alpha value is -2.46. The van der Waals surface area contributed by atoms with Crippen molar-refractivity contribution in [2.24, 2.45) is 0 Å². The standard InChI is InChI=1S/C23H29BrFN3O4S/c1-4-13-26-23(30)21(5-2)27(15-17-9-11-19(25)12-10-17)22(29)16-28(33(3,31)32)20-8-6-7-18(24)14-20/h6-12,14,21H,4-5,13,15-16H2,1-3H3,(H,26,30). The second kappa shape index (κ2) is 12.1. The van der Waals surface area contributed by atoms with Crippen molar-refractivity contribution >= 4 is 43.5 Å². The fraction of sp³-hybridized carbons (Fsp3) is 0.391. The molecule has 0 saturated carbocycles. The number of amides is 2. The molecule has 0 radical (unpaired) electrons.